The van der Waals surface area contributed by atoms with Gasteiger partial charge in [0.15, 0.2) is 0 Å². The Kier molecular flexibility index (Phi) is 6.68. The zero-order valence-corrected chi connectivity index (χ0v) is 20.1. The third-order valence-corrected chi connectivity index (χ3v) is 6.33. The summed E-state index contributed by atoms with van der Waals surface area (Å²) in [6, 6.07) is 9.60. The van der Waals surface area contributed by atoms with Crippen molar-refractivity contribution in [1.29, 1.82) is 0 Å². The number of anilines is 1. The molecular formula is C25H25ClF4N4O. The lowest BCUT2D eigenvalue weighted by atomic mass is 9.90. The van der Waals surface area contributed by atoms with Crippen molar-refractivity contribution in [2.24, 2.45) is 0 Å². The number of nitrogens with zero attached hydrogens (tertiary/aromatic N) is 2. The van der Waals surface area contributed by atoms with Gasteiger partial charge in [0.2, 0.25) is 5.91 Å². The van der Waals surface area contributed by atoms with E-state index in [1.165, 1.54) is 24.3 Å². The molecule has 0 bridgehead atoms. The molecule has 1 aromatic heterocycles. The lowest BCUT2D eigenvalue weighted by Gasteiger charge is -2.21. The first-order valence-corrected chi connectivity index (χ1v) is 11.5. The third kappa shape index (κ3) is 5.51. The van der Waals surface area contributed by atoms with Gasteiger partial charge in [-0.05, 0) is 69.2 Å². The average Bonchev–Trinajstić information content (AvgIpc) is 3.42. The van der Waals surface area contributed by atoms with Crippen molar-refractivity contribution < 1.29 is 22.4 Å². The van der Waals surface area contributed by atoms with Gasteiger partial charge in [-0.25, -0.2) is 4.39 Å². The molecule has 0 aliphatic carbocycles. The van der Waals surface area contributed by atoms with Crippen molar-refractivity contribution in [1.82, 2.24) is 15.1 Å². The van der Waals surface area contributed by atoms with Crippen molar-refractivity contribution >= 4 is 23.2 Å². The van der Waals surface area contributed by atoms with Crippen molar-refractivity contribution in [2.45, 2.75) is 56.9 Å². The van der Waals surface area contributed by atoms with E-state index < -0.39 is 35.5 Å². The first kappa shape index (κ1) is 25.2. The molecule has 1 aliphatic rings. The van der Waals surface area contributed by atoms with E-state index in [1.54, 1.807) is 6.07 Å². The summed E-state index contributed by atoms with van der Waals surface area (Å²) in [7, 11) is 0. The molecule has 3 aromatic rings. The molecule has 5 nitrogen and oxygen atoms in total. The Morgan fingerprint density at radius 3 is 2.51 bits per heavy atom. The summed E-state index contributed by atoms with van der Waals surface area (Å²) in [5.41, 5.74) is 0.251. The highest BCUT2D eigenvalue weighted by Gasteiger charge is 2.41. The Hall–Kier alpha value is -2.91. The summed E-state index contributed by atoms with van der Waals surface area (Å²) in [4.78, 5) is 13.0. The van der Waals surface area contributed by atoms with Crippen LogP contribution < -0.4 is 10.6 Å². The number of aromatic nitrogens is 2. The Labute approximate surface area is 205 Å². The quantitative estimate of drug-likeness (QED) is 0.408. The summed E-state index contributed by atoms with van der Waals surface area (Å²) < 4.78 is 55.2. The second-order valence-electron chi connectivity index (χ2n) is 9.64. The molecule has 186 valence electrons. The molecule has 0 spiro atoms. The molecule has 10 heteroatoms. The number of carbonyl (C=O) groups excluding carboxylic acids is 1. The Morgan fingerprint density at radius 2 is 1.89 bits per heavy atom. The maximum Gasteiger partial charge on any atom is 0.416 e. The van der Waals surface area contributed by atoms with E-state index in [1.807, 2.05) is 37.7 Å². The highest BCUT2D eigenvalue weighted by molar-refractivity contribution is 6.30. The minimum absolute atomic E-state index is 0.0147. The minimum atomic E-state index is -4.52. The summed E-state index contributed by atoms with van der Waals surface area (Å²) in [6.45, 7) is 6.02. The lowest BCUT2D eigenvalue weighted by Crippen LogP contribution is -2.36. The zero-order valence-electron chi connectivity index (χ0n) is 19.3. The molecule has 4 rings (SSSR count). The number of hydrogen-bond acceptors (Lipinski definition) is 3. The van der Waals surface area contributed by atoms with Gasteiger partial charge in [0.1, 0.15) is 5.82 Å². The van der Waals surface area contributed by atoms with Gasteiger partial charge in [-0.15, -0.1) is 0 Å². The maximum absolute atomic E-state index is 14.2. The normalized spacial score (nSPS) is 20.7. The number of carbonyl (C=O) groups is 1. The van der Waals surface area contributed by atoms with Gasteiger partial charge in [-0.2, -0.15) is 18.3 Å². The SMILES string of the molecule is CC(C)(C)n1ccc([C@H]2C[C@@H](C(=O)Nc3cccc(C(F)(F)F)c3)N[C@H]2c2ccc(Cl)c(F)c2)n1. The molecule has 0 unspecified atom stereocenters. The van der Waals surface area contributed by atoms with Crippen LogP contribution in [0.1, 0.15) is 56.0 Å². The molecule has 2 heterocycles. The fourth-order valence-corrected chi connectivity index (χ4v) is 4.33. The minimum Gasteiger partial charge on any atom is -0.325 e. The number of nitrogens with one attached hydrogen (secondary N) is 2. The van der Waals surface area contributed by atoms with Crippen LogP contribution in [0, 0.1) is 5.82 Å². The highest BCUT2D eigenvalue weighted by Crippen LogP contribution is 2.41. The number of hydrogen-bond donors (Lipinski definition) is 2. The van der Waals surface area contributed by atoms with E-state index in [0.717, 1.165) is 17.8 Å². The van der Waals surface area contributed by atoms with Crippen LogP contribution in [0.3, 0.4) is 0 Å². The average molecular weight is 509 g/mol. The van der Waals surface area contributed by atoms with Crippen LogP contribution in [-0.4, -0.2) is 21.7 Å². The van der Waals surface area contributed by atoms with E-state index in [2.05, 4.69) is 10.6 Å². The van der Waals surface area contributed by atoms with Crippen LogP contribution in [0.5, 0.6) is 0 Å². The fourth-order valence-electron chi connectivity index (χ4n) is 4.21. The van der Waals surface area contributed by atoms with E-state index in [0.29, 0.717) is 12.0 Å². The van der Waals surface area contributed by atoms with Crippen molar-refractivity contribution in [2.75, 3.05) is 5.32 Å². The molecule has 1 fully saturated rings. The predicted molar refractivity (Wildman–Crippen MR) is 126 cm³/mol. The maximum atomic E-state index is 14.2. The molecule has 3 atom stereocenters. The van der Waals surface area contributed by atoms with Gasteiger partial charge >= 0.3 is 6.18 Å². The Morgan fingerprint density at radius 1 is 1.14 bits per heavy atom. The van der Waals surface area contributed by atoms with Gasteiger partial charge < -0.3 is 5.32 Å². The van der Waals surface area contributed by atoms with Crippen molar-refractivity contribution in [3.63, 3.8) is 0 Å². The van der Waals surface area contributed by atoms with Crippen LogP contribution in [0.25, 0.3) is 0 Å². The molecule has 35 heavy (non-hydrogen) atoms. The summed E-state index contributed by atoms with van der Waals surface area (Å²) in [5, 5.41) is 10.5. The van der Waals surface area contributed by atoms with Gasteiger partial charge in [0.25, 0.3) is 0 Å². The molecule has 1 amide bonds. The van der Waals surface area contributed by atoms with Gasteiger partial charge in [-0.1, -0.05) is 23.7 Å². The third-order valence-electron chi connectivity index (χ3n) is 6.03. The van der Waals surface area contributed by atoms with Crippen LogP contribution >= 0.6 is 11.6 Å². The molecule has 2 N–H and O–H groups in total. The fraction of sp³-hybridized carbons (Fsp3) is 0.360. The second kappa shape index (κ2) is 9.28. The highest BCUT2D eigenvalue weighted by atomic mass is 35.5. The molecule has 1 saturated heterocycles. The predicted octanol–water partition coefficient (Wildman–Crippen LogP) is 6.27. The Bertz CT molecular complexity index is 1230. The molecule has 1 aliphatic heterocycles. The van der Waals surface area contributed by atoms with Gasteiger partial charge in [-0.3, -0.25) is 14.8 Å². The summed E-state index contributed by atoms with van der Waals surface area (Å²) >= 11 is 5.85. The van der Waals surface area contributed by atoms with Crippen LogP contribution in [0.4, 0.5) is 23.2 Å². The van der Waals surface area contributed by atoms with E-state index in [-0.39, 0.29) is 22.2 Å². The summed E-state index contributed by atoms with van der Waals surface area (Å²) in [5.74, 6) is -1.35. The first-order chi connectivity index (χ1) is 16.3. The smallest absolute Gasteiger partial charge is 0.325 e. The Balaban J connectivity index is 1.61. The standard InChI is InChI=1S/C25H25ClF4N4O/c1-24(2,3)34-10-9-20(33-34)17-13-21(32-22(17)14-7-8-18(26)19(27)11-14)23(35)31-16-6-4-5-15(12-16)25(28,29)30/h4-12,17,21-22,32H,13H2,1-3H3,(H,31,35)/t17-,21+,22+/m1/s1. The summed E-state index contributed by atoms with van der Waals surface area (Å²) in [6.07, 6.45) is -2.35. The number of halogens is 5. The van der Waals surface area contributed by atoms with E-state index >= 15 is 0 Å². The number of benzene rings is 2. The van der Waals surface area contributed by atoms with E-state index in [4.69, 9.17) is 16.7 Å². The van der Waals surface area contributed by atoms with Crippen LogP contribution in [0.15, 0.2) is 54.7 Å². The van der Waals surface area contributed by atoms with E-state index in [9.17, 15) is 22.4 Å². The van der Waals surface area contributed by atoms with Crippen LogP contribution in [-0.2, 0) is 16.5 Å². The molecule has 2 aromatic carbocycles. The second-order valence-corrected chi connectivity index (χ2v) is 10.0. The van der Waals surface area contributed by atoms with Crippen LogP contribution in [0.2, 0.25) is 5.02 Å². The topological polar surface area (TPSA) is 59.0 Å². The monoisotopic (exact) mass is 508 g/mol. The van der Waals surface area contributed by atoms with Gasteiger partial charge in [0.05, 0.1) is 27.9 Å². The molecule has 0 radical (unpaired) electrons. The number of amides is 1. The number of alkyl halides is 3. The molecular weight excluding hydrogens is 484 g/mol. The molecule has 0 saturated carbocycles. The lowest BCUT2D eigenvalue weighted by molar-refractivity contribution is -0.137. The van der Waals surface area contributed by atoms with Gasteiger partial charge in [0, 0.05) is 23.8 Å². The first-order valence-electron chi connectivity index (χ1n) is 11.1. The van der Waals surface area contributed by atoms with Crippen molar-refractivity contribution in [3.05, 3.63) is 82.4 Å². The zero-order chi connectivity index (χ0) is 25.5. The number of rotatable bonds is 4. The van der Waals surface area contributed by atoms with Crippen molar-refractivity contribution in [3.8, 4) is 0 Å². The largest absolute Gasteiger partial charge is 0.416 e.